The Morgan fingerprint density at radius 1 is 0.492 bits per heavy atom. The molecule has 5 aromatic rings. The number of anilines is 4. The SMILES string of the molecule is CCO[Si](OCC)(OCC)Oc1ccc(C(c2ccccc2)(c2ccc(O[Si](OCC)(OCC)OCC)c(NC(=O)c3ccc(N)cc3)c2)C(F)(F)F)cc1NC(=O)c1ccc(N)cc1. The first kappa shape index (κ1) is 50.2. The molecule has 5 aromatic carbocycles. The molecule has 19 heteroatoms. The van der Waals surface area contributed by atoms with Crippen molar-refractivity contribution in [2.45, 2.75) is 53.1 Å². The van der Waals surface area contributed by atoms with E-state index in [1.807, 2.05) is 0 Å². The number of carbonyl (C=O) groups is 2. The van der Waals surface area contributed by atoms with Gasteiger partial charge >= 0.3 is 24.3 Å². The number of benzene rings is 5. The van der Waals surface area contributed by atoms with Gasteiger partial charge in [0.05, 0.1) is 11.4 Å². The lowest BCUT2D eigenvalue weighted by atomic mass is 9.68. The smallest absolute Gasteiger partial charge is 0.478 e. The molecule has 2 amide bonds. The van der Waals surface area contributed by atoms with Crippen LogP contribution in [0.1, 0.15) is 78.9 Å². The van der Waals surface area contributed by atoms with E-state index in [0.717, 1.165) is 0 Å². The van der Waals surface area contributed by atoms with E-state index in [1.165, 1.54) is 109 Å². The Morgan fingerprint density at radius 3 is 1.14 bits per heavy atom. The Bertz CT molecular complexity index is 2170. The van der Waals surface area contributed by atoms with Gasteiger partial charge in [-0.25, -0.2) is 0 Å². The Kier molecular flexibility index (Phi) is 17.3. The molecule has 348 valence electrons. The fourth-order valence-electron chi connectivity index (χ4n) is 6.99. The van der Waals surface area contributed by atoms with Crippen LogP contribution in [0.4, 0.5) is 35.9 Å². The van der Waals surface area contributed by atoms with Crippen LogP contribution in [0.5, 0.6) is 11.5 Å². The summed E-state index contributed by atoms with van der Waals surface area (Å²) >= 11 is 0. The minimum atomic E-state index is -5.11. The Labute approximate surface area is 379 Å². The van der Waals surface area contributed by atoms with Crippen LogP contribution in [-0.2, 0) is 32.0 Å². The first-order chi connectivity index (χ1) is 31.1. The molecule has 0 atom stereocenters. The van der Waals surface area contributed by atoms with Crippen LogP contribution in [-0.4, -0.2) is 75.7 Å². The number of hydrogen-bond acceptors (Lipinski definition) is 12. The Balaban J connectivity index is 1.82. The van der Waals surface area contributed by atoms with Crippen LogP contribution in [0.15, 0.2) is 115 Å². The highest BCUT2D eigenvalue weighted by Crippen LogP contribution is 2.53. The van der Waals surface area contributed by atoms with Crippen molar-refractivity contribution in [3.8, 4) is 11.5 Å². The van der Waals surface area contributed by atoms with Crippen LogP contribution in [0, 0.1) is 0 Å². The summed E-state index contributed by atoms with van der Waals surface area (Å²) < 4.78 is 98.7. The van der Waals surface area contributed by atoms with Crippen molar-refractivity contribution in [1.82, 2.24) is 0 Å². The van der Waals surface area contributed by atoms with Crippen LogP contribution < -0.4 is 31.0 Å². The predicted molar refractivity (Wildman–Crippen MR) is 245 cm³/mol. The molecule has 0 aromatic heterocycles. The van der Waals surface area contributed by atoms with Crippen molar-refractivity contribution in [1.29, 1.82) is 0 Å². The van der Waals surface area contributed by atoms with Gasteiger partial charge in [-0.2, -0.15) is 13.2 Å². The van der Waals surface area contributed by atoms with Crippen LogP contribution >= 0.6 is 0 Å². The number of amides is 2. The van der Waals surface area contributed by atoms with E-state index in [2.05, 4.69) is 10.6 Å². The summed E-state index contributed by atoms with van der Waals surface area (Å²) in [5.74, 6) is -1.54. The van der Waals surface area contributed by atoms with Crippen molar-refractivity contribution in [2.75, 3.05) is 61.7 Å². The molecule has 0 aliphatic heterocycles. The van der Waals surface area contributed by atoms with Crippen LogP contribution in [0.3, 0.4) is 0 Å². The summed E-state index contributed by atoms with van der Waals surface area (Å²) in [6.07, 6.45) is -5.11. The summed E-state index contributed by atoms with van der Waals surface area (Å²) in [5, 5.41) is 5.51. The van der Waals surface area contributed by atoms with E-state index >= 15 is 13.2 Å². The van der Waals surface area contributed by atoms with Crippen molar-refractivity contribution in [3.63, 3.8) is 0 Å². The monoisotopic (exact) mass is 936 g/mol. The number of hydrogen-bond donors (Lipinski definition) is 4. The van der Waals surface area contributed by atoms with Gasteiger partial charge in [-0.3, -0.25) is 9.59 Å². The van der Waals surface area contributed by atoms with Crippen molar-refractivity contribution >= 4 is 52.7 Å². The van der Waals surface area contributed by atoms with E-state index in [1.54, 1.807) is 47.6 Å². The lowest BCUT2D eigenvalue weighted by molar-refractivity contribution is -0.166. The molecule has 0 saturated heterocycles. The first-order valence-corrected chi connectivity index (χ1v) is 24.4. The summed E-state index contributed by atoms with van der Waals surface area (Å²) in [6, 6.07) is 26.7. The van der Waals surface area contributed by atoms with Gasteiger partial charge in [-0.15, -0.1) is 0 Å². The zero-order valence-electron chi connectivity index (χ0n) is 37.1. The van der Waals surface area contributed by atoms with E-state index in [-0.39, 0.29) is 90.3 Å². The van der Waals surface area contributed by atoms with Crippen molar-refractivity contribution < 1.29 is 58.2 Å². The topological polar surface area (TPSA) is 184 Å². The lowest BCUT2D eigenvalue weighted by Crippen LogP contribution is -2.52. The molecule has 65 heavy (non-hydrogen) atoms. The highest BCUT2D eigenvalue weighted by Gasteiger charge is 2.59. The molecule has 0 saturated carbocycles. The van der Waals surface area contributed by atoms with Crippen LogP contribution in [0.2, 0.25) is 0 Å². The fourth-order valence-corrected chi connectivity index (χ4v) is 10.9. The maximum absolute atomic E-state index is 16.8. The molecule has 0 spiro atoms. The normalized spacial score (nSPS) is 12.1. The van der Waals surface area contributed by atoms with Gasteiger partial charge in [-0.05, 0) is 131 Å². The third-order valence-electron chi connectivity index (χ3n) is 9.70. The minimum absolute atomic E-state index is 0.0898. The number of nitrogens with one attached hydrogen (secondary N) is 2. The average Bonchev–Trinajstić information content (AvgIpc) is 3.26. The molecule has 5 rings (SSSR count). The number of nitrogen functional groups attached to an aromatic ring is 2. The summed E-state index contributed by atoms with van der Waals surface area (Å²) in [4.78, 5) is 27.8. The highest BCUT2D eigenvalue weighted by molar-refractivity contribution is 6.55. The largest absolute Gasteiger partial charge is 0.749 e. The van der Waals surface area contributed by atoms with Gasteiger partial charge < -0.3 is 57.5 Å². The number of nitrogens with two attached hydrogens (primary N) is 2. The molecule has 0 heterocycles. The first-order valence-electron chi connectivity index (χ1n) is 21.1. The summed E-state index contributed by atoms with van der Waals surface area (Å²) in [6.45, 7) is 11.0. The maximum atomic E-state index is 16.8. The number of alkyl halides is 3. The molecular formula is C46H55F3N4O10Si2. The molecule has 6 N–H and O–H groups in total. The van der Waals surface area contributed by atoms with E-state index < -0.39 is 41.5 Å². The molecule has 0 unspecified atom stereocenters. The molecule has 0 radical (unpaired) electrons. The molecule has 0 bridgehead atoms. The molecular weight excluding hydrogens is 882 g/mol. The zero-order valence-corrected chi connectivity index (χ0v) is 39.1. The van der Waals surface area contributed by atoms with E-state index in [9.17, 15) is 9.59 Å². The molecule has 14 nitrogen and oxygen atoms in total. The Hall–Kier alpha value is -5.78. The van der Waals surface area contributed by atoms with E-state index in [4.69, 9.17) is 46.9 Å². The van der Waals surface area contributed by atoms with Gasteiger partial charge in [0.25, 0.3) is 11.8 Å². The third-order valence-corrected chi connectivity index (χ3v) is 14.5. The number of halogens is 3. The van der Waals surface area contributed by atoms with E-state index in [0.29, 0.717) is 11.4 Å². The molecule has 0 aliphatic rings. The lowest BCUT2D eigenvalue weighted by Gasteiger charge is -2.38. The number of rotatable bonds is 23. The summed E-state index contributed by atoms with van der Waals surface area (Å²) in [7, 11) is -8.02. The maximum Gasteiger partial charge on any atom is 0.749 e. The standard InChI is InChI=1S/C46H55F3N4O10Si2/c1-7-56-64(57-8-2,58-9-3)62-41-28-22-35(30-39(41)52-43(54)32-18-24-37(50)25-19-32)45(46(47,48)49,34-16-14-13-15-17-34)36-23-29-42(63-65(59-10-4,60-11-5)61-12-6)40(31-36)53-44(55)33-20-26-38(51)27-21-33/h13-31H,7-12,50-51H2,1-6H3,(H,52,54)(H,53,55). The zero-order chi connectivity index (χ0) is 47.3. The van der Waals surface area contributed by atoms with Gasteiger partial charge in [0.15, 0.2) is 0 Å². The van der Waals surface area contributed by atoms with Crippen molar-refractivity contribution in [2.24, 2.45) is 0 Å². The molecule has 0 aliphatic carbocycles. The van der Waals surface area contributed by atoms with Gasteiger partial charge in [0.1, 0.15) is 16.9 Å². The van der Waals surface area contributed by atoms with Crippen molar-refractivity contribution in [3.05, 3.63) is 143 Å². The minimum Gasteiger partial charge on any atom is -0.478 e. The van der Waals surface area contributed by atoms with Gasteiger partial charge in [0, 0.05) is 62.1 Å². The summed E-state index contributed by atoms with van der Waals surface area (Å²) in [5.41, 5.74) is 8.64. The second-order valence-electron chi connectivity index (χ2n) is 14.0. The second kappa shape index (κ2) is 22.4. The Morgan fingerprint density at radius 2 is 0.831 bits per heavy atom. The quantitative estimate of drug-likeness (QED) is 0.0277. The number of carbonyl (C=O) groups excluding carboxylic acids is 2. The fraction of sp³-hybridized carbons (Fsp3) is 0.304. The predicted octanol–water partition coefficient (Wildman–Crippen LogP) is 9.10. The average molecular weight is 937 g/mol. The third kappa shape index (κ3) is 11.7. The van der Waals surface area contributed by atoms with Gasteiger partial charge in [-0.1, -0.05) is 42.5 Å². The highest BCUT2D eigenvalue weighted by atomic mass is 28.4. The van der Waals surface area contributed by atoms with Gasteiger partial charge in [0.2, 0.25) is 0 Å². The second-order valence-corrected chi connectivity index (χ2v) is 18.1. The van der Waals surface area contributed by atoms with Crippen LogP contribution in [0.25, 0.3) is 0 Å². The molecule has 0 fully saturated rings.